The minimum Gasteiger partial charge on any atom is -0.481 e. The van der Waals surface area contributed by atoms with Crippen molar-refractivity contribution >= 4 is 11.5 Å². The summed E-state index contributed by atoms with van der Waals surface area (Å²) >= 11 is 0. The Morgan fingerprint density at radius 1 is 1.41 bits per heavy atom. The van der Waals surface area contributed by atoms with Crippen LogP contribution in [0.25, 0.3) is 0 Å². The Kier molecular flexibility index (Phi) is 5.51. The smallest absolute Gasteiger partial charge is 0.215 e. The number of aliphatic hydroxyl groups excluding tert-OH is 1. The first-order valence-electron chi connectivity index (χ1n) is 5.59. The van der Waals surface area contributed by atoms with Gasteiger partial charge in [-0.3, -0.25) is 0 Å². The summed E-state index contributed by atoms with van der Waals surface area (Å²) < 4.78 is 5.06. The number of hydrogen-bond acceptors (Lipinski definition) is 6. The van der Waals surface area contributed by atoms with Crippen LogP contribution >= 0.6 is 0 Å². The second kappa shape index (κ2) is 6.93. The van der Waals surface area contributed by atoms with Gasteiger partial charge in [0.2, 0.25) is 5.88 Å². The Hall–Kier alpha value is -1.53. The predicted octanol–water partition coefficient (Wildman–Crippen LogP) is -0.180. The van der Waals surface area contributed by atoms with Crippen molar-refractivity contribution in [3.8, 4) is 5.88 Å². The first kappa shape index (κ1) is 13.5. The fraction of sp³-hybridized carbons (Fsp3) is 0.545. The number of pyridine rings is 1. The van der Waals surface area contributed by atoms with E-state index in [9.17, 15) is 0 Å². The van der Waals surface area contributed by atoms with Crippen LogP contribution in [0.15, 0.2) is 12.1 Å². The van der Waals surface area contributed by atoms with Gasteiger partial charge in [0.1, 0.15) is 0 Å². The number of rotatable bonds is 7. The summed E-state index contributed by atoms with van der Waals surface area (Å²) in [6, 6.07) is 3.45. The normalized spacial score (nSPS) is 10.3. The van der Waals surface area contributed by atoms with Crippen LogP contribution in [0, 0.1) is 0 Å². The van der Waals surface area contributed by atoms with Crippen LogP contribution in [0.5, 0.6) is 5.88 Å². The quantitative estimate of drug-likeness (QED) is 0.611. The number of nitrogen functional groups attached to an aromatic ring is 1. The molecule has 1 aromatic rings. The summed E-state index contributed by atoms with van der Waals surface area (Å²) in [5.41, 5.74) is 11.9. The molecule has 0 atom stereocenters. The van der Waals surface area contributed by atoms with Crippen molar-refractivity contribution < 1.29 is 9.84 Å². The van der Waals surface area contributed by atoms with Gasteiger partial charge in [0.15, 0.2) is 5.82 Å². The SMILES string of the molecule is COc1ccc(N)c(N(CCO)CCCN)n1. The molecule has 0 aliphatic heterocycles. The first-order chi connectivity index (χ1) is 8.22. The average Bonchev–Trinajstić information content (AvgIpc) is 2.35. The van der Waals surface area contributed by atoms with Crippen molar-refractivity contribution in [1.29, 1.82) is 0 Å². The second-order valence-corrected chi connectivity index (χ2v) is 3.62. The number of hydrogen-bond donors (Lipinski definition) is 3. The molecule has 5 N–H and O–H groups in total. The lowest BCUT2D eigenvalue weighted by Crippen LogP contribution is -2.30. The van der Waals surface area contributed by atoms with E-state index in [0.29, 0.717) is 37.0 Å². The monoisotopic (exact) mass is 240 g/mol. The number of anilines is 2. The summed E-state index contributed by atoms with van der Waals surface area (Å²) in [4.78, 5) is 6.20. The molecule has 0 aliphatic rings. The average molecular weight is 240 g/mol. The summed E-state index contributed by atoms with van der Waals surface area (Å²) in [7, 11) is 1.55. The van der Waals surface area contributed by atoms with Crippen LogP contribution < -0.4 is 21.1 Å². The van der Waals surface area contributed by atoms with E-state index in [4.69, 9.17) is 21.3 Å². The molecule has 0 amide bonds. The fourth-order valence-corrected chi connectivity index (χ4v) is 1.54. The lowest BCUT2D eigenvalue weighted by Gasteiger charge is -2.24. The van der Waals surface area contributed by atoms with Crippen LogP contribution in [-0.2, 0) is 0 Å². The minimum atomic E-state index is 0.0445. The Balaban J connectivity index is 2.90. The molecule has 0 spiro atoms. The van der Waals surface area contributed by atoms with E-state index >= 15 is 0 Å². The Bertz CT molecular complexity index is 346. The Morgan fingerprint density at radius 2 is 2.18 bits per heavy atom. The number of nitrogens with zero attached hydrogens (tertiary/aromatic N) is 2. The van der Waals surface area contributed by atoms with E-state index in [2.05, 4.69) is 4.98 Å². The van der Waals surface area contributed by atoms with E-state index < -0.39 is 0 Å². The number of aromatic nitrogens is 1. The molecule has 17 heavy (non-hydrogen) atoms. The molecule has 0 saturated carbocycles. The molecule has 0 aromatic carbocycles. The van der Waals surface area contributed by atoms with E-state index in [0.717, 1.165) is 6.42 Å². The van der Waals surface area contributed by atoms with Gasteiger partial charge in [-0.2, -0.15) is 4.98 Å². The Labute approximate surface area is 101 Å². The largest absolute Gasteiger partial charge is 0.481 e. The van der Waals surface area contributed by atoms with Crippen molar-refractivity contribution in [3.63, 3.8) is 0 Å². The number of nitrogens with two attached hydrogens (primary N) is 2. The maximum absolute atomic E-state index is 9.04. The zero-order chi connectivity index (χ0) is 12.7. The van der Waals surface area contributed by atoms with E-state index in [-0.39, 0.29) is 6.61 Å². The van der Waals surface area contributed by atoms with Gasteiger partial charge >= 0.3 is 0 Å². The van der Waals surface area contributed by atoms with Crippen molar-refractivity contribution in [3.05, 3.63) is 12.1 Å². The highest BCUT2D eigenvalue weighted by atomic mass is 16.5. The summed E-state index contributed by atoms with van der Waals surface area (Å²) in [6.45, 7) is 1.82. The molecule has 0 aliphatic carbocycles. The van der Waals surface area contributed by atoms with E-state index in [1.54, 1.807) is 19.2 Å². The van der Waals surface area contributed by atoms with Gasteiger partial charge < -0.3 is 26.2 Å². The molecule has 0 bridgehead atoms. The summed E-state index contributed by atoms with van der Waals surface area (Å²) in [5.74, 6) is 1.14. The van der Waals surface area contributed by atoms with E-state index in [1.165, 1.54) is 0 Å². The van der Waals surface area contributed by atoms with Crippen LogP contribution in [0.2, 0.25) is 0 Å². The summed E-state index contributed by atoms with van der Waals surface area (Å²) in [5, 5.41) is 9.04. The molecular weight excluding hydrogens is 220 g/mol. The molecular formula is C11H20N4O2. The summed E-state index contributed by atoms with van der Waals surface area (Å²) in [6.07, 6.45) is 0.818. The van der Waals surface area contributed by atoms with Gasteiger partial charge in [-0.25, -0.2) is 0 Å². The molecule has 1 aromatic heterocycles. The maximum atomic E-state index is 9.04. The molecule has 0 saturated heterocycles. The van der Waals surface area contributed by atoms with Gasteiger partial charge in [0.05, 0.1) is 19.4 Å². The third kappa shape index (κ3) is 3.76. The van der Waals surface area contributed by atoms with Crippen LogP contribution in [-0.4, -0.2) is 43.4 Å². The van der Waals surface area contributed by atoms with Crippen LogP contribution in [0.4, 0.5) is 11.5 Å². The lowest BCUT2D eigenvalue weighted by atomic mass is 10.3. The number of methoxy groups -OCH3 is 1. The molecule has 6 heteroatoms. The molecule has 1 rings (SSSR count). The third-order valence-electron chi connectivity index (χ3n) is 2.39. The van der Waals surface area contributed by atoms with Gasteiger partial charge in [0.25, 0.3) is 0 Å². The first-order valence-corrected chi connectivity index (χ1v) is 5.59. The zero-order valence-electron chi connectivity index (χ0n) is 10.1. The highest BCUT2D eigenvalue weighted by Gasteiger charge is 2.11. The van der Waals surface area contributed by atoms with Gasteiger partial charge in [-0.1, -0.05) is 0 Å². The van der Waals surface area contributed by atoms with Gasteiger partial charge in [-0.05, 0) is 19.0 Å². The molecule has 1 heterocycles. The standard InChI is InChI=1S/C11H20N4O2/c1-17-10-4-3-9(13)11(14-10)15(7-8-16)6-2-5-12/h3-4,16H,2,5-8,12-13H2,1H3. The molecule has 6 nitrogen and oxygen atoms in total. The van der Waals surface area contributed by atoms with Crippen molar-refractivity contribution in [2.75, 3.05) is 44.0 Å². The van der Waals surface area contributed by atoms with Crippen LogP contribution in [0.3, 0.4) is 0 Å². The highest BCUT2D eigenvalue weighted by molar-refractivity contribution is 5.63. The topological polar surface area (TPSA) is 97.6 Å². The third-order valence-corrected chi connectivity index (χ3v) is 2.39. The molecule has 0 unspecified atom stereocenters. The van der Waals surface area contributed by atoms with E-state index in [1.807, 2.05) is 4.90 Å². The van der Waals surface area contributed by atoms with Crippen molar-refractivity contribution in [1.82, 2.24) is 4.98 Å². The fourth-order valence-electron chi connectivity index (χ4n) is 1.54. The molecule has 0 radical (unpaired) electrons. The predicted molar refractivity (Wildman–Crippen MR) is 68.2 cm³/mol. The molecule has 0 fully saturated rings. The van der Waals surface area contributed by atoms with Crippen molar-refractivity contribution in [2.45, 2.75) is 6.42 Å². The Morgan fingerprint density at radius 3 is 2.76 bits per heavy atom. The maximum Gasteiger partial charge on any atom is 0.215 e. The number of ether oxygens (including phenoxy) is 1. The van der Waals surface area contributed by atoms with Gasteiger partial charge in [-0.15, -0.1) is 0 Å². The van der Waals surface area contributed by atoms with Gasteiger partial charge in [0, 0.05) is 19.2 Å². The molecule has 96 valence electrons. The number of aliphatic hydroxyl groups is 1. The minimum absolute atomic E-state index is 0.0445. The lowest BCUT2D eigenvalue weighted by molar-refractivity contribution is 0.301. The van der Waals surface area contributed by atoms with Crippen LogP contribution in [0.1, 0.15) is 6.42 Å². The highest BCUT2D eigenvalue weighted by Crippen LogP contribution is 2.23. The second-order valence-electron chi connectivity index (χ2n) is 3.62. The zero-order valence-corrected chi connectivity index (χ0v) is 10.1. The van der Waals surface area contributed by atoms with Crippen molar-refractivity contribution in [2.24, 2.45) is 5.73 Å².